The third-order valence-corrected chi connectivity index (χ3v) is 2.25. The minimum atomic E-state index is -0.428. The molecule has 0 fully saturated rings. The largest absolute Gasteiger partial charge is 0.400 e. The fourth-order valence-electron chi connectivity index (χ4n) is 1.53. The standard InChI is InChI=1S/C11H7N3O2/c15-11-7-3-1-2-4-8(7)14-9-10(16-11)13-6-5-12-9/h1-6H,(H,12,14). The fraction of sp³-hybridized carbons (Fsp3) is 0. The maximum Gasteiger partial charge on any atom is 0.347 e. The maximum absolute atomic E-state index is 11.7. The molecule has 1 aliphatic heterocycles. The highest BCUT2D eigenvalue weighted by Gasteiger charge is 2.21. The minimum Gasteiger partial charge on any atom is -0.400 e. The highest BCUT2D eigenvalue weighted by atomic mass is 16.5. The number of esters is 1. The summed E-state index contributed by atoms with van der Waals surface area (Å²) < 4.78 is 5.11. The topological polar surface area (TPSA) is 64.1 Å². The van der Waals surface area contributed by atoms with Crippen LogP contribution >= 0.6 is 0 Å². The Morgan fingerprint density at radius 3 is 2.88 bits per heavy atom. The Labute approximate surface area is 91.1 Å². The van der Waals surface area contributed by atoms with Gasteiger partial charge in [0.15, 0.2) is 5.82 Å². The van der Waals surface area contributed by atoms with Crippen molar-refractivity contribution in [2.45, 2.75) is 0 Å². The van der Waals surface area contributed by atoms with Crippen LogP contribution in [0.1, 0.15) is 10.4 Å². The number of aromatic nitrogens is 2. The van der Waals surface area contributed by atoms with E-state index in [0.717, 1.165) is 0 Å². The summed E-state index contributed by atoms with van der Waals surface area (Å²) in [7, 11) is 0. The zero-order chi connectivity index (χ0) is 11.0. The van der Waals surface area contributed by atoms with Crippen molar-refractivity contribution in [3.63, 3.8) is 0 Å². The molecule has 5 heteroatoms. The van der Waals surface area contributed by atoms with Gasteiger partial charge in [0.25, 0.3) is 5.88 Å². The van der Waals surface area contributed by atoms with Crippen molar-refractivity contribution in [1.29, 1.82) is 0 Å². The molecule has 16 heavy (non-hydrogen) atoms. The van der Waals surface area contributed by atoms with Crippen molar-refractivity contribution in [2.24, 2.45) is 0 Å². The van der Waals surface area contributed by atoms with Crippen LogP contribution in [0, 0.1) is 0 Å². The number of fused-ring (bicyclic) bond motifs is 2. The molecule has 0 bridgehead atoms. The first-order valence-corrected chi connectivity index (χ1v) is 4.74. The third kappa shape index (κ3) is 1.30. The quantitative estimate of drug-likeness (QED) is 0.675. The predicted molar refractivity (Wildman–Crippen MR) is 56.7 cm³/mol. The molecule has 1 aromatic carbocycles. The van der Waals surface area contributed by atoms with Gasteiger partial charge in [0, 0.05) is 12.4 Å². The number of ether oxygens (including phenoxy) is 1. The van der Waals surface area contributed by atoms with E-state index in [9.17, 15) is 4.79 Å². The highest BCUT2D eigenvalue weighted by molar-refractivity contribution is 5.99. The molecule has 0 aliphatic carbocycles. The van der Waals surface area contributed by atoms with E-state index < -0.39 is 5.97 Å². The third-order valence-electron chi connectivity index (χ3n) is 2.25. The summed E-state index contributed by atoms with van der Waals surface area (Å²) in [6.45, 7) is 0. The van der Waals surface area contributed by atoms with Crippen LogP contribution in [0.5, 0.6) is 5.88 Å². The number of benzene rings is 1. The van der Waals surface area contributed by atoms with Crippen molar-refractivity contribution in [1.82, 2.24) is 9.97 Å². The van der Waals surface area contributed by atoms with E-state index in [1.165, 1.54) is 12.4 Å². The fourth-order valence-corrected chi connectivity index (χ4v) is 1.53. The molecule has 78 valence electrons. The molecule has 0 unspecified atom stereocenters. The summed E-state index contributed by atoms with van der Waals surface area (Å²) in [6, 6.07) is 7.09. The van der Waals surface area contributed by atoms with Crippen LogP contribution in [-0.2, 0) is 0 Å². The molecule has 2 heterocycles. The van der Waals surface area contributed by atoms with Crippen LogP contribution < -0.4 is 10.1 Å². The van der Waals surface area contributed by atoms with E-state index in [0.29, 0.717) is 17.1 Å². The Hall–Kier alpha value is -2.43. The molecule has 0 atom stereocenters. The maximum atomic E-state index is 11.7. The van der Waals surface area contributed by atoms with Crippen molar-refractivity contribution in [3.8, 4) is 5.88 Å². The normalized spacial score (nSPS) is 12.9. The van der Waals surface area contributed by atoms with Crippen molar-refractivity contribution in [2.75, 3.05) is 5.32 Å². The van der Waals surface area contributed by atoms with E-state index in [1.807, 2.05) is 6.07 Å². The molecule has 0 radical (unpaired) electrons. The summed E-state index contributed by atoms with van der Waals surface area (Å²) in [6.07, 6.45) is 3.01. The zero-order valence-electron chi connectivity index (χ0n) is 8.18. The van der Waals surface area contributed by atoms with Gasteiger partial charge in [-0.25, -0.2) is 14.8 Å². The number of carbonyl (C=O) groups excluding carboxylic acids is 1. The van der Waals surface area contributed by atoms with E-state index in [-0.39, 0.29) is 5.88 Å². The van der Waals surface area contributed by atoms with Gasteiger partial charge < -0.3 is 10.1 Å². The number of nitrogens with zero attached hydrogens (tertiary/aromatic N) is 2. The Kier molecular flexibility index (Phi) is 1.83. The summed E-state index contributed by atoms with van der Waals surface area (Å²) in [4.78, 5) is 19.7. The number of nitrogens with one attached hydrogen (secondary N) is 1. The first-order chi connectivity index (χ1) is 7.84. The summed E-state index contributed by atoms with van der Waals surface area (Å²) in [5, 5.41) is 3.01. The lowest BCUT2D eigenvalue weighted by molar-refractivity contribution is 0.0731. The molecule has 0 saturated heterocycles. The predicted octanol–water partition coefficient (Wildman–Crippen LogP) is 1.75. The number of anilines is 2. The molecule has 0 spiro atoms. The van der Waals surface area contributed by atoms with Gasteiger partial charge in [-0.2, -0.15) is 0 Å². The summed E-state index contributed by atoms with van der Waals surface area (Å²) >= 11 is 0. The number of carbonyl (C=O) groups is 1. The van der Waals surface area contributed by atoms with Crippen LogP contribution in [0.4, 0.5) is 11.5 Å². The highest BCUT2D eigenvalue weighted by Crippen LogP contribution is 2.29. The lowest BCUT2D eigenvalue weighted by atomic mass is 10.2. The number of hydrogen-bond donors (Lipinski definition) is 1. The van der Waals surface area contributed by atoms with Gasteiger partial charge in [0.05, 0.1) is 11.3 Å². The van der Waals surface area contributed by atoms with Crippen LogP contribution in [0.2, 0.25) is 0 Å². The van der Waals surface area contributed by atoms with Crippen LogP contribution in [0.25, 0.3) is 0 Å². The lowest BCUT2D eigenvalue weighted by Crippen LogP contribution is -2.07. The number of rotatable bonds is 0. The summed E-state index contributed by atoms with van der Waals surface area (Å²) in [5.74, 6) is 0.215. The molecule has 1 aromatic heterocycles. The van der Waals surface area contributed by atoms with Gasteiger partial charge in [0.2, 0.25) is 0 Å². The molecule has 3 rings (SSSR count). The second-order valence-corrected chi connectivity index (χ2v) is 3.27. The molecule has 1 N–H and O–H groups in total. The SMILES string of the molecule is O=C1Oc2nccnc2Nc2ccccc21. The average Bonchev–Trinajstić information content (AvgIpc) is 2.45. The van der Waals surface area contributed by atoms with Gasteiger partial charge in [-0.05, 0) is 12.1 Å². The van der Waals surface area contributed by atoms with E-state index in [4.69, 9.17) is 4.74 Å². The molecule has 5 nitrogen and oxygen atoms in total. The Balaban J connectivity index is 2.18. The number of para-hydroxylation sites is 1. The smallest absolute Gasteiger partial charge is 0.347 e. The second kappa shape index (κ2) is 3.30. The van der Waals surface area contributed by atoms with Crippen LogP contribution in [0.15, 0.2) is 36.7 Å². The lowest BCUT2D eigenvalue weighted by Gasteiger charge is -2.03. The molecule has 0 saturated carbocycles. The van der Waals surface area contributed by atoms with Gasteiger partial charge in [-0.1, -0.05) is 12.1 Å². The first kappa shape index (κ1) is 8.84. The van der Waals surface area contributed by atoms with Crippen molar-refractivity contribution < 1.29 is 9.53 Å². The Morgan fingerprint density at radius 1 is 1.12 bits per heavy atom. The first-order valence-electron chi connectivity index (χ1n) is 4.74. The van der Waals surface area contributed by atoms with Gasteiger partial charge >= 0.3 is 5.97 Å². The second-order valence-electron chi connectivity index (χ2n) is 3.27. The van der Waals surface area contributed by atoms with Crippen molar-refractivity contribution >= 4 is 17.5 Å². The molecule has 0 amide bonds. The van der Waals surface area contributed by atoms with Crippen LogP contribution in [0.3, 0.4) is 0 Å². The van der Waals surface area contributed by atoms with Crippen LogP contribution in [-0.4, -0.2) is 15.9 Å². The monoisotopic (exact) mass is 213 g/mol. The Bertz CT molecular complexity index is 569. The van der Waals surface area contributed by atoms with E-state index in [2.05, 4.69) is 15.3 Å². The molecular weight excluding hydrogens is 206 g/mol. The van der Waals surface area contributed by atoms with E-state index >= 15 is 0 Å². The average molecular weight is 213 g/mol. The van der Waals surface area contributed by atoms with Gasteiger partial charge in [0.1, 0.15) is 0 Å². The molecule has 1 aliphatic rings. The molecular formula is C11H7N3O2. The number of hydrogen-bond acceptors (Lipinski definition) is 5. The molecule has 2 aromatic rings. The Morgan fingerprint density at radius 2 is 1.94 bits per heavy atom. The summed E-state index contributed by atoms with van der Waals surface area (Å²) in [5.41, 5.74) is 1.15. The minimum absolute atomic E-state index is 0.198. The zero-order valence-corrected chi connectivity index (χ0v) is 8.18. The van der Waals surface area contributed by atoms with Gasteiger partial charge in [-0.3, -0.25) is 0 Å². The van der Waals surface area contributed by atoms with Crippen molar-refractivity contribution in [3.05, 3.63) is 42.2 Å². The van der Waals surface area contributed by atoms with Gasteiger partial charge in [-0.15, -0.1) is 0 Å². The van der Waals surface area contributed by atoms with E-state index in [1.54, 1.807) is 18.2 Å².